The van der Waals surface area contributed by atoms with Gasteiger partial charge < -0.3 is 10.1 Å². The largest absolute Gasteiger partial charge is 0.454 e. The number of hydrogen-bond donors (Lipinski definition) is 2. The molecule has 1 aromatic rings. The maximum absolute atomic E-state index is 12.0. The van der Waals surface area contributed by atoms with Crippen LogP contribution in [-0.4, -0.2) is 45.3 Å². The summed E-state index contributed by atoms with van der Waals surface area (Å²) in [6.07, 6.45) is 0. The van der Waals surface area contributed by atoms with Crippen LogP contribution >= 0.6 is 0 Å². The monoisotopic (exact) mass is 367 g/mol. The van der Waals surface area contributed by atoms with E-state index in [-0.39, 0.29) is 10.7 Å². The van der Waals surface area contributed by atoms with E-state index in [1.54, 1.807) is 18.2 Å². The summed E-state index contributed by atoms with van der Waals surface area (Å²) in [5.74, 6) is -0.727. The number of benzene rings is 1. The highest BCUT2D eigenvalue weighted by Crippen LogP contribution is 2.22. The molecule has 8 nitrogen and oxygen atoms in total. The van der Waals surface area contributed by atoms with Gasteiger partial charge in [0.05, 0.1) is 4.90 Å². The molecule has 2 N–H and O–H groups in total. The average Bonchev–Trinajstić information content (AvgIpc) is 2.81. The Hall–Kier alpha value is -2.42. The SMILES string of the molecule is CC(C)CNC(=O)COC(=O)[C@H](C)N=C1NS(=O)(=O)c2ccccc21. The van der Waals surface area contributed by atoms with Gasteiger partial charge in [-0.05, 0) is 25.0 Å². The topological polar surface area (TPSA) is 114 Å². The second-order valence-electron chi connectivity index (χ2n) is 6.06. The normalized spacial score (nSPS) is 17.7. The number of nitrogens with one attached hydrogen (secondary N) is 2. The van der Waals surface area contributed by atoms with Gasteiger partial charge in [0.2, 0.25) is 0 Å². The van der Waals surface area contributed by atoms with Gasteiger partial charge in [0, 0.05) is 12.1 Å². The van der Waals surface area contributed by atoms with E-state index < -0.39 is 34.5 Å². The maximum Gasteiger partial charge on any atom is 0.331 e. The van der Waals surface area contributed by atoms with Crippen molar-refractivity contribution < 1.29 is 22.7 Å². The minimum atomic E-state index is -3.66. The van der Waals surface area contributed by atoms with Crippen molar-refractivity contribution in [3.05, 3.63) is 29.8 Å². The number of amidine groups is 1. The number of fused-ring (bicyclic) bond motifs is 1. The number of carbonyl (C=O) groups is 2. The molecule has 0 radical (unpaired) electrons. The number of rotatable bonds is 6. The molecule has 1 aliphatic rings. The molecule has 0 spiro atoms. The Balaban J connectivity index is 2.00. The molecule has 1 aromatic carbocycles. The molecule has 9 heteroatoms. The van der Waals surface area contributed by atoms with Crippen molar-refractivity contribution in [2.24, 2.45) is 10.9 Å². The summed E-state index contributed by atoms with van der Waals surface area (Å²) in [6.45, 7) is 5.46. The Kier molecular flexibility index (Phi) is 5.78. The number of aliphatic imine (C=N–C) groups is 1. The second kappa shape index (κ2) is 7.64. The lowest BCUT2D eigenvalue weighted by atomic mass is 10.2. The molecule has 136 valence electrons. The van der Waals surface area contributed by atoms with Crippen molar-refractivity contribution in [1.82, 2.24) is 10.0 Å². The van der Waals surface area contributed by atoms with Crippen molar-refractivity contribution >= 4 is 27.7 Å². The van der Waals surface area contributed by atoms with Crippen molar-refractivity contribution in [1.29, 1.82) is 0 Å². The summed E-state index contributed by atoms with van der Waals surface area (Å²) in [4.78, 5) is 27.7. The van der Waals surface area contributed by atoms with Gasteiger partial charge in [0.15, 0.2) is 6.61 Å². The minimum absolute atomic E-state index is 0.0873. The van der Waals surface area contributed by atoms with E-state index in [9.17, 15) is 18.0 Å². The first-order valence-electron chi connectivity index (χ1n) is 7.84. The number of esters is 1. The van der Waals surface area contributed by atoms with Gasteiger partial charge in [-0.3, -0.25) is 14.5 Å². The molecule has 0 aromatic heterocycles. The van der Waals surface area contributed by atoms with Gasteiger partial charge >= 0.3 is 5.97 Å². The number of nitrogens with zero attached hydrogens (tertiary/aromatic N) is 1. The van der Waals surface area contributed by atoms with Crippen LogP contribution in [-0.2, 0) is 24.3 Å². The van der Waals surface area contributed by atoms with Crippen LogP contribution < -0.4 is 10.0 Å². The van der Waals surface area contributed by atoms with E-state index in [1.165, 1.54) is 13.0 Å². The van der Waals surface area contributed by atoms with Crippen LogP contribution in [0.3, 0.4) is 0 Å². The van der Waals surface area contributed by atoms with Crippen LogP contribution in [0, 0.1) is 5.92 Å². The molecule has 0 saturated carbocycles. The smallest absolute Gasteiger partial charge is 0.331 e. The number of amides is 1. The molecule has 0 bridgehead atoms. The quantitative estimate of drug-likeness (QED) is 0.708. The summed E-state index contributed by atoms with van der Waals surface area (Å²) in [6, 6.07) is 5.39. The molecular weight excluding hydrogens is 346 g/mol. The van der Waals surface area contributed by atoms with E-state index in [4.69, 9.17) is 4.74 Å². The second-order valence-corrected chi connectivity index (χ2v) is 7.71. The van der Waals surface area contributed by atoms with E-state index in [2.05, 4.69) is 15.0 Å². The lowest BCUT2D eigenvalue weighted by molar-refractivity contribution is -0.149. The number of sulfonamides is 1. The molecule has 1 aliphatic heterocycles. The zero-order chi connectivity index (χ0) is 18.6. The first-order chi connectivity index (χ1) is 11.7. The zero-order valence-corrected chi connectivity index (χ0v) is 15.1. The molecule has 25 heavy (non-hydrogen) atoms. The van der Waals surface area contributed by atoms with Crippen LogP contribution in [0.2, 0.25) is 0 Å². The molecule has 2 rings (SSSR count). The standard InChI is InChI=1S/C16H21N3O5S/c1-10(2)8-17-14(20)9-24-16(21)11(3)18-15-12-6-4-5-7-13(12)25(22,23)19-15/h4-7,10-11H,8-9H2,1-3H3,(H,17,20)(H,18,19)/t11-/m0/s1. The summed E-state index contributed by atoms with van der Waals surface area (Å²) >= 11 is 0. The van der Waals surface area contributed by atoms with Gasteiger partial charge in [0.1, 0.15) is 11.9 Å². The zero-order valence-electron chi connectivity index (χ0n) is 14.3. The minimum Gasteiger partial charge on any atom is -0.454 e. The fourth-order valence-electron chi connectivity index (χ4n) is 2.10. The Bertz CT molecular complexity index is 802. The summed E-state index contributed by atoms with van der Waals surface area (Å²) in [5.41, 5.74) is 0.400. The van der Waals surface area contributed by atoms with Gasteiger partial charge in [0.25, 0.3) is 15.9 Å². The third-order valence-electron chi connectivity index (χ3n) is 3.38. The Morgan fingerprint density at radius 3 is 2.60 bits per heavy atom. The molecule has 0 unspecified atom stereocenters. The molecular formula is C16H21N3O5S. The van der Waals surface area contributed by atoms with Gasteiger partial charge in [-0.25, -0.2) is 13.2 Å². The third-order valence-corrected chi connectivity index (χ3v) is 4.78. The van der Waals surface area contributed by atoms with E-state index in [0.717, 1.165) is 0 Å². The van der Waals surface area contributed by atoms with Crippen LogP contribution in [0.4, 0.5) is 0 Å². The van der Waals surface area contributed by atoms with Crippen molar-refractivity contribution in [2.45, 2.75) is 31.7 Å². The van der Waals surface area contributed by atoms with Crippen molar-refractivity contribution in [3.8, 4) is 0 Å². The van der Waals surface area contributed by atoms with E-state index in [1.807, 2.05) is 13.8 Å². The fraction of sp³-hybridized carbons (Fsp3) is 0.438. The Labute approximate surface area is 146 Å². The van der Waals surface area contributed by atoms with Crippen LogP contribution in [0.25, 0.3) is 0 Å². The van der Waals surface area contributed by atoms with Gasteiger partial charge in [-0.15, -0.1) is 0 Å². The molecule has 0 fully saturated rings. The predicted molar refractivity (Wildman–Crippen MR) is 91.6 cm³/mol. The number of ether oxygens (including phenoxy) is 1. The summed E-state index contributed by atoms with van der Waals surface area (Å²) in [7, 11) is -3.66. The summed E-state index contributed by atoms with van der Waals surface area (Å²) < 4.78 is 31.2. The van der Waals surface area contributed by atoms with Crippen LogP contribution in [0.1, 0.15) is 26.3 Å². The predicted octanol–water partition coefficient (Wildman–Crippen LogP) is 0.429. The van der Waals surface area contributed by atoms with Crippen LogP contribution in [0.5, 0.6) is 0 Å². The molecule has 0 aliphatic carbocycles. The van der Waals surface area contributed by atoms with Crippen molar-refractivity contribution in [3.63, 3.8) is 0 Å². The van der Waals surface area contributed by atoms with E-state index >= 15 is 0 Å². The average molecular weight is 367 g/mol. The highest BCUT2D eigenvalue weighted by molar-refractivity contribution is 7.90. The Morgan fingerprint density at radius 1 is 1.24 bits per heavy atom. The molecule has 1 heterocycles. The number of hydrogen-bond acceptors (Lipinski definition) is 6. The molecule has 1 atom stereocenters. The van der Waals surface area contributed by atoms with Crippen LogP contribution in [0.15, 0.2) is 34.2 Å². The maximum atomic E-state index is 12.0. The highest BCUT2D eigenvalue weighted by atomic mass is 32.2. The lowest BCUT2D eigenvalue weighted by Gasteiger charge is -2.10. The van der Waals surface area contributed by atoms with Crippen molar-refractivity contribution in [2.75, 3.05) is 13.2 Å². The third kappa shape index (κ3) is 4.79. The summed E-state index contributed by atoms with van der Waals surface area (Å²) in [5, 5.41) is 2.63. The van der Waals surface area contributed by atoms with E-state index in [0.29, 0.717) is 18.0 Å². The fourth-order valence-corrected chi connectivity index (χ4v) is 3.34. The first kappa shape index (κ1) is 18.9. The lowest BCUT2D eigenvalue weighted by Crippen LogP contribution is -2.33. The Morgan fingerprint density at radius 2 is 1.92 bits per heavy atom. The highest BCUT2D eigenvalue weighted by Gasteiger charge is 2.31. The first-order valence-corrected chi connectivity index (χ1v) is 9.32. The number of carbonyl (C=O) groups excluding carboxylic acids is 2. The molecule has 1 amide bonds. The van der Waals surface area contributed by atoms with Gasteiger partial charge in [-0.1, -0.05) is 26.0 Å². The molecule has 0 saturated heterocycles. The van der Waals surface area contributed by atoms with Gasteiger partial charge in [-0.2, -0.15) is 0 Å².